The Morgan fingerprint density at radius 1 is 1.13 bits per heavy atom. The molecule has 158 valence electrons. The molecule has 0 amide bonds. The number of methoxy groups -OCH3 is 1. The topological polar surface area (TPSA) is 82.9 Å². The van der Waals surface area contributed by atoms with Gasteiger partial charge in [0.1, 0.15) is 35.1 Å². The van der Waals surface area contributed by atoms with E-state index in [-0.39, 0.29) is 11.5 Å². The number of nitriles is 1. The molecule has 3 aromatic rings. The second kappa shape index (κ2) is 8.14. The van der Waals surface area contributed by atoms with Crippen molar-refractivity contribution >= 4 is 17.5 Å². The number of nitrogens with one attached hydrogen (secondary N) is 2. The summed E-state index contributed by atoms with van der Waals surface area (Å²) in [6.45, 7) is 0. The predicted octanol–water partition coefficient (Wildman–Crippen LogP) is 4.64. The zero-order chi connectivity index (χ0) is 22.1. The standard InChI is InChI=1S/C22H18F3N5O/c1-27-21-15-6-5-14(19-16(24)7-12(23)8-17(19)25)20(15)29-22(30-21)28-13-4-3-11(10-26)18(9-13)31-2/h3-4,7-9,14H,5-6H2,1-2H3,(H2,27,28,29,30)/t14-/m1/s1. The summed E-state index contributed by atoms with van der Waals surface area (Å²) in [4.78, 5) is 8.98. The third kappa shape index (κ3) is 3.72. The van der Waals surface area contributed by atoms with Crippen LogP contribution in [-0.4, -0.2) is 24.1 Å². The third-order valence-electron chi connectivity index (χ3n) is 5.26. The second-order valence-corrected chi connectivity index (χ2v) is 7.04. The molecule has 2 aromatic carbocycles. The minimum Gasteiger partial charge on any atom is -0.495 e. The van der Waals surface area contributed by atoms with Crippen molar-refractivity contribution in [2.24, 2.45) is 0 Å². The number of anilines is 3. The SMILES string of the molecule is CNc1nc(Nc2ccc(C#N)c(OC)c2)nc2c1CC[C@@H]2c1c(F)cc(F)cc1F. The number of ether oxygens (including phenoxy) is 1. The molecule has 1 heterocycles. The lowest BCUT2D eigenvalue weighted by atomic mass is 9.95. The van der Waals surface area contributed by atoms with E-state index in [2.05, 4.69) is 20.6 Å². The maximum absolute atomic E-state index is 14.4. The highest BCUT2D eigenvalue weighted by molar-refractivity contribution is 5.63. The molecule has 0 unspecified atom stereocenters. The van der Waals surface area contributed by atoms with Crippen LogP contribution in [0.25, 0.3) is 0 Å². The molecule has 9 heteroatoms. The van der Waals surface area contributed by atoms with Gasteiger partial charge in [-0.25, -0.2) is 18.2 Å². The first-order valence-corrected chi connectivity index (χ1v) is 9.53. The van der Waals surface area contributed by atoms with Crippen LogP contribution >= 0.6 is 0 Å². The summed E-state index contributed by atoms with van der Waals surface area (Å²) in [6.07, 6.45) is 0.948. The van der Waals surface area contributed by atoms with E-state index in [1.165, 1.54) is 7.11 Å². The number of nitrogens with zero attached hydrogens (tertiary/aromatic N) is 3. The van der Waals surface area contributed by atoms with Crippen molar-refractivity contribution in [2.45, 2.75) is 18.8 Å². The van der Waals surface area contributed by atoms with Gasteiger partial charge in [0.15, 0.2) is 0 Å². The van der Waals surface area contributed by atoms with Crippen molar-refractivity contribution < 1.29 is 17.9 Å². The number of aromatic nitrogens is 2. The first-order chi connectivity index (χ1) is 14.9. The summed E-state index contributed by atoms with van der Waals surface area (Å²) in [5, 5.41) is 15.2. The minimum absolute atomic E-state index is 0.202. The summed E-state index contributed by atoms with van der Waals surface area (Å²) in [6, 6.07) is 8.30. The average Bonchev–Trinajstić information content (AvgIpc) is 3.16. The Labute approximate surface area is 176 Å². The summed E-state index contributed by atoms with van der Waals surface area (Å²) >= 11 is 0. The number of fused-ring (bicyclic) bond motifs is 1. The van der Waals surface area contributed by atoms with Gasteiger partial charge in [-0.1, -0.05) is 0 Å². The highest BCUT2D eigenvalue weighted by Crippen LogP contribution is 2.42. The molecule has 0 aliphatic heterocycles. The van der Waals surface area contributed by atoms with Gasteiger partial charge in [0.25, 0.3) is 0 Å². The van der Waals surface area contributed by atoms with Crippen molar-refractivity contribution in [1.82, 2.24) is 9.97 Å². The molecule has 0 saturated heterocycles. The van der Waals surface area contributed by atoms with Crippen LogP contribution < -0.4 is 15.4 Å². The van der Waals surface area contributed by atoms with Crippen LogP contribution in [0.5, 0.6) is 5.75 Å². The van der Waals surface area contributed by atoms with E-state index in [4.69, 9.17) is 10.00 Å². The lowest BCUT2D eigenvalue weighted by Crippen LogP contribution is -2.10. The fourth-order valence-corrected chi connectivity index (χ4v) is 3.88. The molecular formula is C22H18F3N5O. The van der Waals surface area contributed by atoms with Gasteiger partial charge in [-0.15, -0.1) is 0 Å². The monoisotopic (exact) mass is 425 g/mol. The second-order valence-electron chi connectivity index (χ2n) is 7.04. The largest absolute Gasteiger partial charge is 0.495 e. The van der Waals surface area contributed by atoms with Crippen molar-refractivity contribution in [3.8, 4) is 11.8 Å². The molecule has 1 aliphatic carbocycles. The predicted molar refractivity (Wildman–Crippen MR) is 109 cm³/mol. The number of hydrogen-bond donors (Lipinski definition) is 2. The Kier molecular flexibility index (Phi) is 5.38. The summed E-state index contributed by atoms with van der Waals surface area (Å²) in [7, 11) is 3.16. The molecule has 0 bridgehead atoms. The Bertz CT molecular complexity index is 1190. The van der Waals surface area contributed by atoms with E-state index in [1.54, 1.807) is 25.2 Å². The molecule has 1 aliphatic rings. The summed E-state index contributed by atoms with van der Waals surface area (Å²) in [5.41, 5.74) is 1.99. The highest BCUT2D eigenvalue weighted by Gasteiger charge is 2.33. The average molecular weight is 425 g/mol. The van der Waals surface area contributed by atoms with Gasteiger partial charge in [0.2, 0.25) is 5.95 Å². The van der Waals surface area contributed by atoms with Gasteiger partial charge >= 0.3 is 0 Å². The lowest BCUT2D eigenvalue weighted by molar-refractivity contribution is 0.413. The Hall–Kier alpha value is -3.80. The van der Waals surface area contributed by atoms with Crippen LogP contribution in [0.1, 0.15) is 34.7 Å². The first-order valence-electron chi connectivity index (χ1n) is 9.53. The van der Waals surface area contributed by atoms with Gasteiger partial charge in [0.05, 0.1) is 18.4 Å². The van der Waals surface area contributed by atoms with E-state index in [1.807, 2.05) is 6.07 Å². The van der Waals surface area contributed by atoms with Crippen molar-refractivity contribution in [3.05, 3.63) is 70.2 Å². The molecule has 6 nitrogen and oxygen atoms in total. The Balaban J connectivity index is 1.76. The van der Waals surface area contributed by atoms with E-state index in [0.717, 1.165) is 5.56 Å². The molecule has 31 heavy (non-hydrogen) atoms. The highest BCUT2D eigenvalue weighted by atomic mass is 19.1. The fourth-order valence-electron chi connectivity index (χ4n) is 3.88. The Morgan fingerprint density at radius 2 is 1.87 bits per heavy atom. The van der Waals surface area contributed by atoms with E-state index < -0.39 is 23.4 Å². The molecule has 0 fully saturated rings. The van der Waals surface area contributed by atoms with E-state index in [9.17, 15) is 13.2 Å². The van der Waals surface area contributed by atoms with Gasteiger partial charge < -0.3 is 15.4 Å². The molecule has 0 saturated carbocycles. The normalized spacial score (nSPS) is 14.6. The molecular weight excluding hydrogens is 407 g/mol. The molecule has 1 aromatic heterocycles. The lowest BCUT2D eigenvalue weighted by Gasteiger charge is -2.16. The molecule has 1 atom stereocenters. The molecule has 2 N–H and O–H groups in total. The zero-order valence-corrected chi connectivity index (χ0v) is 16.8. The van der Waals surface area contributed by atoms with Crippen LogP contribution in [-0.2, 0) is 6.42 Å². The van der Waals surface area contributed by atoms with Crippen LogP contribution in [0.3, 0.4) is 0 Å². The molecule has 0 radical (unpaired) electrons. The molecule has 0 spiro atoms. The quantitative estimate of drug-likeness (QED) is 0.620. The molecule has 4 rings (SSSR count). The number of benzene rings is 2. The van der Waals surface area contributed by atoms with E-state index >= 15 is 0 Å². The van der Waals surface area contributed by atoms with Crippen molar-refractivity contribution in [2.75, 3.05) is 24.8 Å². The minimum atomic E-state index is -0.965. The van der Waals surface area contributed by atoms with Crippen LogP contribution in [0.4, 0.5) is 30.6 Å². The van der Waals surface area contributed by atoms with Crippen LogP contribution in [0.2, 0.25) is 0 Å². The number of hydrogen-bond acceptors (Lipinski definition) is 6. The Morgan fingerprint density at radius 3 is 2.52 bits per heavy atom. The fraction of sp³-hybridized carbons (Fsp3) is 0.227. The zero-order valence-electron chi connectivity index (χ0n) is 16.8. The van der Waals surface area contributed by atoms with Gasteiger partial charge in [-0.05, 0) is 25.0 Å². The number of rotatable bonds is 5. The van der Waals surface area contributed by atoms with Crippen molar-refractivity contribution in [1.29, 1.82) is 5.26 Å². The number of halogens is 3. The van der Waals surface area contributed by atoms with Gasteiger partial charge in [-0.2, -0.15) is 10.2 Å². The van der Waals surface area contributed by atoms with Gasteiger partial charge in [-0.3, -0.25) is 0 Å². The van der Waals surface area contributed by atoms with Gasteiger partial charge in [0, 0.05) is 48.0 Å². The van der Waals surface area contributed by atoms with Crippen LogP contribution in [0, 0.1) is 28.8 Å². The first kappa shape index (κ1) is 20.5. The van der Waals surface area contributed by atoms with E-state index in [0.29, 0.717) is 53.5 Å². The smallest absolute Gasteiger partial charge is 0.229 e. The van der Waals surface area contributed by atoms with Crippen LogP contribution in [0.15, 0.2) is 30.3 Å². The maximum Gasteiger partial charge on any atom is 0.229 e. The van der Waals surface area contributed by atoms with Crippen molar-refractivity contribution in [3.63, 3.8) is 0 Å². The maximum atomic E-state index is 14.4. The summed E-state index contributed by atoms with van der Waals surface area (Å²) < 4.78 is 47.5. The third-order valence-corrected chi connectivity index (χ3v) is 5.26. The summed E-state index contributed by atoms with van der Waals surface area (Å²) in [5.74, 6) is -2.37.